The zero-order valence-electron chi connectivity index (χ0n) is 19.1. The summed E-state index contributed by atoms with van der Waals surface area (Å²) in [6.45, 7) is 2.96. The predicted octanol–water partition coefficient (Wildman–Crippen LogP) is 1.96. The number of fused-ring (bicyclic) bond motifs is 3. The van der Waals surface area contributed by atoms with Gasteiger partial charge in [0, 0.05) is 24.7 Å². The van der Waals surface area contributed by atoms with Crippen molar-refractivity contribution in [3.63, 3.8) is 0 Å². The van der Waals surface area contributed by atoms with Gasteiger partial charge in [0.25, 0.3) is 10.1 Å². The van der Waals surface area contributed by atoms with E-state index in [1.54, 1.807) is 21.5 Å². The normalized spacial score (nSPS) is 16.4. The molecule has 1 atom stereocenters. The number of hydrogen-bond donors (Lipinski definition) is 2. The van der Waals surface area contributed by atoms with Crippen molar-refractivity contribution in [2.24, 2.45) is 7.05 Å². The van der Waals surface area contributed by atoms with E-state index in [2.05, 4.69) is 25.6 Å². The Morgan fingerprint density at radius 1 is 1.23 bits per heavy atom. The average Bonchev–Trinajstić information content (AvgIpc) is 3.49. The van der Waals surface area contributed by atoms with E-state index < -0.39 is 10.1 Å². The monoisotopic (exact) mass is 503 g/mol. The first-order chi connectivity index (χ1) is 16.6. The van der Waals surface area contributed by atoms with Gasteiger partial charge in [-0.15, -0.1) is 10.2 Å². The van der Waals surface area contributed by atoms with Gasteiger partial charge in [0.15, 0.2) is 23.0 Å². The number of ether oxygens (including phenoxy) is 2. The van der Waals surface area contributed by atoms with E-state index >= 15 is 0 Å². The maximum atomic E-state index is 14.7. The SMILES string of the molecule is CS(=O)(=O)O.Cc1nc(-c2cc3c(n4cnnc24)NCc2c(F)ccc4c2[C@@H](CO4)CO3)n(C)n1. The van der Waals surface area contributed by atoms with Crippen molar-refractivity contribution in [2.75, 3.05) is 24.8 Å². The largest absolute Gasteiger partial charge is 0.493 e. The fourth-order valence-electron chi connectivity index (χ4n) is 4.30. The summed E-state index contributed by atoms with van der Waals surface area (Å²) in [5.41, 5.74) is 2.84. The standard InChI is InChI=1S/C20H18FN7O2.CH4O3S/c1-10-24-18(27(2)26-10)12-5-16-20(28-9-23-25-19(12)28)22-6-13-14(21)3-4-15-17(13)11(7-29-15)8-30-16;1-5(2,3)4/h3-5,9,11,22H,6-8H2,1-2H3;1H3,(H,2,3,4)/t11-;/m0./s1. The van der Waals surface area contributed by atoms with Gasteiger partial charge >= 0.3 is 0 Å². The van der Waals surface area contributed by atoms with Gasteiger partial charge in [-0.1, -0.05) is 0 Å². The summed E-state index contributed by atoms with van der Waals surface area (Å²) in [5.74, 6) is 3.02. The van der Waals surface area contributed by atoms with Crippen LogP contribution in [0.2, 0.25) is 0 Å². The molecule has 2 N–H and O–H groups in total. The summed E-state index contributed by atoms with van der Waals surface area (Å²) in [5, 5.41) is 16.0. The highest BCUT2D eigenvalue weighted by molar-refractivity contribution is 7.85. The van der Waals surface area contributed by atoms with Crippen molar-refractivity contribution in [1.82, 2.24) is 29.4 Å². The maximum Gasteiger partial charge on any atom is 0.261 e. The summed E-state index contributed by atoms with van der Waals surface area (Å²) >= 11 is 0. The van der Waals surface area contributed by atoms with Gasteiger partial charge in [0.05, 0.1) is 31.0 Å². The Hall–Kier alpha value is -3.78. The van der Waals surface area contributed by atoms with E-state index in [-0.39, 0.29) is 11.7 Å². The van der Waals surface area contributed by atoms with Gasteiger partial charge in [0.1, 0.15) is 23.7 Å². The molecule has 12 nitrogen and oxygen atoms in total. The fourth-order valence-corrected chi connectivity index (χ4v) is 4.30. The zero-order valence-corrected chi connectivity index (χ0v) is 19.9. The van der Waals surface area contributed by atoms with Crippen LogP contribution in [0.25, 0.3) is 17.0 Å². The lowest BCUT2D eigenvalue weighted by molar-refractivity contribution is 0.249. The summed E-state index contributed by atoms with van der Waals surface area (Å²) in [6, 6.07) is 5.02. The molecule has 35 heavy (non-hydrogen) atoms. The number of nitrogens with one attached hydrogen (secondary N) is 1. The van der Waals surface area contributed by atoms with Crippen LogP contribution in [-0.2, 0) is 23.7 Å². The number of aromatic nitrogens is 6. The first-order valence-corrected chi connectivity index (χ1v) is 12.4. The van der Waals surface area contributed by atoms with Crippen molar-refractivity contribution < 1.29 is 26.8 Å². The second-order valence-corrected chi connectivity index (χ2v) is 9.71. The minimum atomic E-state index is -3.67. The topological polar surface area (TPSA) is 146 Å². The Balaban J connectivity index is 0.000000464. The molecular weight excluding hydrogens is 481 g/mol. The molecule has 2 aliphatic rings. The van der Waals surface area contributed by atoms with E-state index in [9.17, 15) is 12.8 Å². The molecule has 0 amide bonds. The highest BCUT2D eigenvalue weighted by Crippen LogP contribution is 2.41. The quantitative estimate of drug-likeness (QED) is 0.370. The van der Waals surface area contributed by atoms with Crippen molar-refractivity contribution in [3.8, 4) is 22.9 Å². The van der Waals surface area contributed by atoms with Crippen LogP contribution in [-0.4, -0.2) is 61.8 Å². The van der Waals surface area contributed by atoms with Crippen LogP contribution < -0.4 is 14.8 Å². The molecule has 6 rings (SSSR count). The third kappa shape index (κ3) is 4.37. The Morgan fingerprint density at radius 2 is 1.94 bits per heavy atom. The van der Waals surface area contributed by atoms with Crippen molar-refractivity contribution in [1.29, 1.82) is 0 Å². The molecule has 0 radical (unpaired) electrons. The van der Waals surface area contributed by atoms with Crippen molar-refractivity contribution >= 4 is 21.6 Å². The average molecular weight is 504 g/mol. The van der Waals surface area contributed by atoms with Gasteiger partial charge < -0.3 is 14.8 Å². The number of rotatable bonds is 1. The first kappa shape index (κ1) is 23.0. The highest BCUT2D eigenvalue weighted by Gasteiger charge is 2.32. The molecule has 1 aromatic carbocycles. The van der Waals surface area contributed by atoms with Crippen LogP contribution in [0.15, 0.2) is 24.5 Å². The molecule has 0 unspecified atom stereocenters. The molecule has 0 spiro atoms. The number of nitrogens with zero attached hydrogens (tertiary/aromatic N) is 6. The minimum Gasteiger partial charge on any atom is -0.493 e. The molecule has 3 aromatic heterocycles. The summed E-state index contributed by atoms with van der Waals surface area (Å²) in [6.07, 6.45) is 2.32. The summed E-state index contributed by atoms with van der Waals surface area (Å²) < 4.78 is 56.0. The van der Waals surface area contributed by atoms with E-state index in [1.165, 1.54) is 6.07 Å². The Labute approximate surface area is 199 Å². The Kier molecular flexibility index (Phi) is 5.56. The van der Waals surface area contributed by atoms with Crippen molar-refractivity contribution in [2.45, 2.75) is 19.4 Å². The third-order valence-corrected chi connectivity index (χ3v) is 5.63. The van der Waals surface area contributed by atoms with Gasteiger partial charge in [-0.2, -0.15) is 13.5 Å². The van der Waals surface area contributed by atoms with Crippen LogP contribution in [0.5, 0.6) is 11.5 Å². The first-order valence-electron chi connectivity index (χ1n) is 10.6. The third-order valence-electron chi connectivity index (χ3n) is 5.63. The lowest BCUT2D eigenvalue weighted by Crippen LogP contribution is -2.13. The molecule has 0 saturated carbocycles. The van der Waals surface area contributed by atoms with Crippen LogP contribution in [0, 0.1) is 12.7 Å². The highest BCUT2D eigenvalue weighted by atomic mass is 32.2. The molecule has 2 aliphatic heterocycles. The predicted molar refractivity (Wildman–Crippen MR) is 123 cm³/mol. The van der Waals surface area contributed by atoms with Crippen LogP contribution >= 0.6 is 0 Å². The van der Waals surface area contributed by atoms with Crippen LogP contribution in [0.3, 0.4) is 0 Å². The molecule has 0 aliphatic carbocycles. The van der Waals surface area contributed by atoms with E-state index in [1.807, 2.05) is 20.0 Å². The van der Waals surface area contributed by atoms with Crippen LogP contribution in [0.1, 0.15) is 22.9 Å². The second kappa shape index (κ2) is 8.46. The summed E-state index contributed by atoms with van der Waals surface area (Å²) in [7, 11) is -1.83. The van der Waals surface area contributed by atoms with E-state index in [0.717, 1.165) is 16.9 Å². The number of benzene rings is 1. The lowest BCUT2D eigenvalue weighted by Gasteiger charge is -2.16. The van der Waals surface area contributed by atoms with Gasteiger partial charge in [-0.3, -0.25) is 8.95 Å². The van der Waals surface area contributed by atoms with E-state index in [0.29, 0.717) is 60.4 Å². The molecule has 14 heteroatoms. The van der Waals surface area contributed by atoms with Crippen LogP contribution in [0.4, 0.5) is 10.2 Å². The Bertz CT molecular complexity index is 1540. The van der Waals surface area contributed by atoms with Gasteiger partial charge in [-0.05, 0) is 25.1 Å². The Morgan fingerprint density at radius 3 is 2.63 bits per heavy atom. The number of hydrogen-bond acceptors (Lipinski definition) is 9. The zero-order chi connectivity index (χ0) is 24.9. The lowest BCUT2D eigenvalue weighted by atomic mass is 9.96. The minimum absolute atomic E-state index is 0.0458. The molecule has 5 heterocycles. The summed E-state index contributed by atoms with van der Waals surface area (Å²) in [4.78, 5) is 4.53. The maximum absolute atomic E-state index is 14.7. The molecule has 0 bridgehead atoms. The van der Waals surface area contributed by atoms with Gasteiger partial charge in [-0.25, -0.2) is 14.1 Å². The fraction of sp³-hybridized carbons (Fsp3) is 0.333. The molecule has 0 fully saturated rings. The smallest absolute Gasteiger partial charge is 0.261 e. The second-order valence-electron chi connectivity index (χ2n) is 8.24. The van der Waals surface area contributed by atoms with Gasteiger partial charge in [0.2, 0.25) is 0 Å². The van der Waals surface area contributed by atoms with E-state index in [4.69, 9.17) is 14.0 Å². The molecule has 0 saturated heterocycles. The molecule has 4 aromatic rings. The van der Waals surface area contributed by atoms with Crippen molar-refractivity contribution in [3.05, 3.63) is 47.3 Å². The molecule has 184 valence electrons. The number of pyridine rings is 1. The number of aryl methyl sites for hydroxylation is 2. The molecular formula is C21H22FN7O5S. The number of halogens is 1. The number of anilines is 1.